The lowest BCUT2D eigenvalue weighted by Gasteiger charge is -2.35. The van der Waals surface area contributed by atoms with Gasteiger partial charge in [-0.25, -0.2) is 9.97 Å². The highest BCUT2D eigenvalue weighted by molar-refractivity contribution is 7.21. The Hall–Kier alpha value is -3.18. The summed E-state index contributed by atoms with van der Waals surface area (Å²) in [7, 11) is 0. The van der Waals surface area contributed by atoms with Gasteiger partial charge in [-0.1, -0.05) is 30.3 Å². The van der Waals surface area contributed by atoms with Gasteiger partial charge in [0.05, 0.1) is 34.3 Å². The van der Waals surface area contributed by atoms with E-state index in [0.29, 0.717) is 30.0 Å². The third kappa shape index (κ3) is 4.84. The highest BCUT2D eigenvalue weighted by atomic mass is 32.1. The number of hydrogen-bond acceptors (Lipinski definition) is 10. The Balaban J connectivity index is 1.24. The Bertz CT molecular complexity index is 1380. The second kappa shape index (κ2) is 10.5. The molecule has 3 heterocycles. The van der Waals surface area contributed by atoms with Gasteiger partial charge in [-0.3, -0.25) is 4.98 Å². The highest BCUT2D eigenvalue weighted by Gasteiger charge is 2.41. The minimum Gasteiger partial charge on any atom is -0.396 e. The van der Waals surface area contributed by atoms with Crippen LogP contribution in [0.1, 0.15) is 36.4 Å². The molecule has 10 heteroatoms. The van der Waals surface area contributed by atoms with Gasteiger partial charge in [0.25, 0.3) is 0 Å². The van der Waals surface area contributed by atoms with Gasteiger partial charge in [0.15, 0.2) is 0 Å². The van der Waals surface area contributed by atoms with Crippen LogP contribution < -0.4 is 10.6 Å². The summed E-state index contributed by atoms with van der Waals surface area (Å²) in [5, 5.41) is 38.2. The van der Waals surface area contributed by atoms with Crippen molar-refractivity contribution in [3.8, 4) is 10.6 Å². The molecular formula is C28H32N6O3S. The van der Waals surface area contributed by atoms with Crippen molar-refractivity contribution in [3.05, 3.63) is 60.0 Å². The summed E-state index contributed by atoms with van der Waals surface area (Å²) in [4.78, 5) is 18.5. The molecule has 0 unspecified atom stereocenters. The number of fused-ring (bicyclic) bond motifs is 1. The molecule has 2 saturated carbocycles. The average Bonchev–Trinajstić information content (AvgIpc) is 3.44. The lowest BCUT2D eigenvalue weighted by atomic mass is 9.71. The third-order valence-corrected chi connectivity index (χ3v) is 8.96. The van der Waals surface area contributed by atoms with Gasteiger partial charge in [-0.15, -0.1) is 11.3 Å². The first-order valence-electron chi connectivity index (χ1n) is 13.1. The van der Waals surface area contributed by atoms with Gasteiger partial charge in [0, 0.05) is 25.3 Å². The van der Waals surface area contributed by atoms with Crippen LogP contribution >= 0.6 is 11.3 Å². The maximum absolute atomic E-state index is 10.7. The van der Waals surface area contributed by atoms with Crippen LogP contribution in [0, 0.1) is 18.8 Å². The van der Waals surface area contributed by atoms with Crippen molar-refractivity contribution in [2.45, 2.75) is 50.4 Å². The molecule has 9 nitrogen and oxygen atoms in total. The number of aromatic nitrogens is 4. The van der Waals surface area contributed by atoms with Gasteiger partial charge in [-0.05, 0) is 49.7 Å². The second-order valence-electron chi connectivity index (χ2n) is 10.5. The van der Waals surface area contributed by atoms with E-state index < -0.39 is 24.2 Å². The van der Waals surface area contributed by atoms with Crippen LogP contribution in [0.25, 0.3) is 20.8 Å². The van der Waals surface area contributed by atoms with Crippen molar-refractivity contribution in [2.24, 2.45) is 11.8 Å². The first-order valence-corrected chi connectivity index (χ1v) is 13.9. The first kappa shape index (κ1) is 25.1. The van der Waals surface area contributed by atoms with E-state index in [0.717, 1.165) is 45.9 Å². The molecule has 1 aromatic carbocycles. The van der Waals surface area contributed by atoms with Gasteiger partial charge in [-0.2, -0.15) is 4.98 Å². The molecule has 0 aliphatic heterocycles. The Kier molecular flexibility index (Phi) is 6.96. The van der Waals surface area contributed by atoms with Gasteiger partial charge < -0.3 is 26.0 Å². The molecule has 0 radical (unpaired) electrons. The lowest BCUT2D eigenvalue weighted by molar-refractivity contribution is 0.00446. The summed E-state index contributed by atoms with van der Waals surface area (Å²) < 4.78 is 1.01. The van der Waals surface area contributed by atoms with E-state index in [4.69, 9.17) is 15.0 Å². The monoisotopic (exact) mass is 532 g/mol. The zero-order valence-electron chi connectivity index (χ0n) is 21.2. The summed E-state index contributed by atoms with van der Waals surface area (Å²) >= 11 is 1.53. The molecular weight excluding hydrogens is 500 g/mol. The maximum Gasteiger partial charge on any atom is 0.224 e. The molecule has 2 aliphatic rings. The minimum atomic E-state index is -1.02. The van der Waals surface area contributed by atoms with Crippen LogP contribution in [0.2, 0.25) is 0 Å². The molecule has 198 valence electrons. The number of hydrogen-bond donors (Lipinski definition) is 5. The second-order valence-corrected chi connectivity index (χ2v) is 11.5. The molecule has 0 amide bonds. The smallest absolute Gasteiger partial charge is 0.224 e. The quantitative estimate of drug-likeness (QED) is 0.231. The molecule has 4 aromatic rings. The van der Waals surface area contributed by atoms with Gasteiger partial charge in [0.2, 0.25) is 5.95 Å². The Morgan fingerprint density at radius 1 is 1.00 bits per heavy atom. The van der Waals surface area contributed by atoms with Crippen LogP contribution in [-0.2, 0) is 0 Å². The fourth-order valence-corrected chi connectivity index (χ4v) is 6.69. The van der Waals surface area contributed by atoms with Crippen molar-refractivity contribution in [3.63, 3.8) is 0 Å². The van der Waals surface area contributed by atoms with Crippen molar-refractivity contribution < 1.29 is 15.3 Å². The molecule has 5 N–H and O–H groups in total. The summed E-state index contributed by atoms with van der Waals surface area (Å²) in [6, 6.07) is 12.1. The number of benzene rings is 1. The van der Waals surface area contributed by atoms with Gasteiger partial charge >= 0.3 is 0 Å². The number of aliphatic hydroxyl groups is 3. The summed E-state index contributed by atoms with van der Waals surface area (Å²) in [5.41, 5.74) is 3.73. The van der Waals surface area contributed by atoms with E-state index in [1.807, 2.05) is 13.0 Å². The summed E-state index contributed by atoms with van der Waals surface area (Å²) in [5.74, 6) is 1.84. The number of nitrogens with one attached hydrogen (secondary N) is 2. The summed E-state index contributed by atoms with van der Waals surface area (Å²) in [6.45, 7) is 2.53. The maximum atomic E-state index is 10.7. The molecule has 38 heavy (non-hydrogen) atoms. The van der Waals surface area contributed by atoms with E-state index >= 15 is 0 Å². The van der Waals surface area contributed by atoms with Crippen LogP contribution in [0.15, 0.2) is 48.8 Å². The SMILES string of the molecule is Cc1nc(NCC2CC(c3ccccc3)C2)nc(N[C@@H]2C[C@H](CO)[C@@H](O)[C@H]2O)c1-c1nc2cnccc2s1. The minimum absolute atomic E-state index is 0.185. The normalized spacial score (nSPS) is 26.8. The Morgan fingerprint density at radius 3 is 2.55 bits per heavy atom. The zero-order valence-corrected chi connectivity index (χ0v) is 22.0. The molecule has 3 aromatic heterocycles. The van der Waals surface area contributed by atoms with Crippen LogP contribution in [0.4, 0.5) is 11.8 Å². The number of aryl methyl sites for hydroxylation is 1. The van der Waals surface area contributed by atoms with E-state index in [2.05, 4.69) is 45.9 Å². The number of aliphatic hydroxyl groups excluding tert-OH is 3. The van der Waals surface area contributed by atoms with E-state index in [1.165, 1.54) is 16.9 Å². The molecule has 0 saturated heterocycles. The average molecular weight is 533 g/mol. The fourth-order valence-electron chi connectivity index (χ4n) is 5.66. The first-order chi connectivity index (χ1) is 18.5. The van der Waals surface area contributed by atoms with Crippen molar-refractivity contribution in [1.29, 1.82) is 0 Å². The molecule has 4 atom stereocenters. The largest absolute Gasteiger partial charge is 0.396 e. The third-order valence-electron chi connectivity index (χ3n) is 7.91. The van der Waals surface area contributed by atoms with Crippen molar-refractivity contribution >= 4 is 33.3 Å². The van der Waals surface area contributed by atoms with Crippen molar-refractivity contribution in [2.75, 3.05) is 23.8 Å². The predicted octanol–water partition coefficient (Wildman–Crippen LogP) is 3.58. The molecule has 6 rings (SSSR count). The topological polar surface area (TPSA) is 136 Å². The standard InChI is InChI=1S/C28H32N6O3S/c1-15-23(27-33-21-13-29-8-7-22(21)38-27)26(32-20-11-19(14-35)24(36)25(20)37)34-28(31-15)30-12-16-9-18(10-16)17-5-3-2-4-6-17/h2-8,13,16,18-20,24-25,35-37H,9-12,14H2,1H3,(H2,30,31,32,34)/t16?,18?,19-,20-,24-,25+/m1/s1. The van der Waals surface area contributed by atoms with E-state index in [1.54, 1.807) is 12.4 Å². The van der Waals surface area contributed by atoms with Gasteiger partial charge in [0.1, 0.15) is 22.4 Å². The number of rotatable bonds is 8. The van der Waals surface area contributed by atoms with E-state index in [-0.39, 0.29) is 6.61 Å². The molecule has 0 spiro atoms. The predicted molar refractivity (Wildman–Crippen MR) is 148 cm³/mol. The molecule has 2 fully saturated rings. The van der Waals surface area contributed by atoms with Crippen LogP contribution in [0.3, 0.4) is 0 Å². The van der Waals surface area contributed by atoms with Crippen LogP contribution in [-0.4, -0.2) is 66.7 Å². The fraction of sp³-hybridized carbons (Fsp3) is 0.429. The van der Waals surface area contributed by atoms with E-state index in [9.17, 15) is 15.3 Å². The molecule has 0 bridgehead atoms. The number of anilines is 2. The Labute approximate surface area is 225 Å². The zero-order chi connectivity index (χ0) is 26.2. The summed E-state index contributed by atoms with van der Waals surface area (Å²) in [6.07, 6.45) is 4.16. The lowest BCUT2D eigenvalue weighted by Crippen LogP contribution is -2.36. The number of thiazole rings is 1. The number of pyridine rings is 1. The Morgan fingerprint density at radius 2 is 1.82 bits per heavy atom. The van der Waals surface area contributed by atoms with Crippen LogP contribution in [0.5, 0.6) is 0 Å². The number of nitrogens with zero attached hydrogens (tertiary/aromatic N) is 4. The highest BCUT2D eigenvalue weighted by Crippen LogP contribution is 2.42. The van der Waals surface area contributed by atoms with Crippen molar-refractivity contribution in [1.82, 2.24) is 19.9 Å². The molecule has 2 aliphatic carbocycles.